The number of hydrogen-bond donors (Lipinski definition) is 2. The molecule has 1 aliphatic heterocycles. The zero-order valence-electron chi connectivity index (χ0n) is 18.0. The Morgan fingerprint density at radius 1 is 1.06 bits per heavy atom. The van der Waals surface area contributed by atoms with Crippen molar-refractivity contribution in [2.45, 2.75) is 44.4 Å². The Kier molecular flexibility index (Phi) is 5.37. The van der Waals surface area contributed by atoms with Crippen LogP contribution in [0.15, 0.2) is 29.2 Å². The molecule has 0 unspecified atom stereocenters. The van der Waals surface area contributed by atoms with Gasteiger partial charge < -0.3 is 15.7 Å². The number of pyridine rings is 1. The number of rotatable bonds is 3. The summed E-state index contributed by atoms with van der Waals surface area (Å²) in [6.07, 6.45) is 4.35. The van der Waals surface area contributed by atoms with Crippen LogP contribution in [0.1, 0.15) is 37.3 Å². The highest BCUT2D eigenvalue weighted by atomic mass is 16.3. The van der Waals surface area contributed by atoms with Crippen LogP contribution in [0.3, 0.4) is 0 Å². The number of aromatic nitrogens is 3. The van der Waals surface area contributed by atoms with E-state index in [-0.39, 0.29) is 23.7 Å². The summed E-state index contributed by atoms with van der Waals surface area (Å²) in [4.78, 5) is 27.1. The van der Waals surface area contributed by atoms with Crippen LogP contribution in [0.5, 0.6) is 0 Å². The first-order valence-electron chi connectivity index (χ1n) is 11.2. The topological polar surface area (TPSA) is 101 Å². The van der Waals surface area contributed by atoms with Gasteiger partial charge in [-0.1, -0.05) is 12.1 Å². The molecule has 1 aromatic carbocycles. The molecule has 164 valence electrons. The SMILES string of the molecule is CN1CCN(Cc2ccc3c(c2)c(=O)n(C2CCC(O)CC2)c2nc(N)ncc32)CC1. The van der Waals surface area contributed by atoms with Crippen molar-refractivity contribution in [3.63, 3.8) is 0 Å². The van der Waals surface area contributed by atoms with Crippen molar-refractivity contribution >= 4 is 27.8 Å². The maximum Gasteiger partial charge on any atom is 0.260 e. The maximum absolute atomic E-state index is 13.7. The van der Waals surface area contributed by atoms with Gasteiger partial charge in [0.15, 0.2) is 0 Å². The average Bonchev–Trinajstić information content (AvgIpc) is 2.77. The van der Waals surface area contributed by atoms with E-state index in [1.54, 1.807) is 10.8 Å². The molecule has 0 bridgehead atoms. The lowest BCUT2D eigenvalue weighted by molar-refractivity contribution is 0.111. The summed E-state index contributed by atoms with van der Waals surface area (Å²) in [5.41, 5.74) is 7.61. The number of aliphatic hydroxyl groups excluding tert-OH is 1. The molecule has 5 rings (SSSR count). The van der Waals surface area contributed by atoms with Crippen molar-refractivity contribution in [2.75, 3.05) is 39.0 Å². The second kappa shape index (κ2) is 8.18. The standard InChI is InChI=1S/C23H30N6O2/c1-27-8-10-28(11-9-27)14-15-2-7-18-19(12-15)22(31)29(16-3-5-17(30)6-4-16)21-20(18)13-25-23(24)26-21/h2,7,12-13,16-17,30H,3-6,8-11,14H2,1H3,(H2,24,25,26). The summed E-state index contributed by atoms with van der Waals surface area (Å²) >= 11 is 0. The monoisotopic (exact) mass is 422 g/mol. The summed E-state index contributed by atoms with van der Waals surface area (Å²) in [6.45, 7) is 5.05. The Balaban J connectivity index is 1.61. The van der Waals surface area contributed by atoms with Crippen LogP contribution >= 0.6 is 0 Å². The minimum atomic E-state index is -0.284. The van der Waals surface area contributed by atoms with Gasteiger partial charge in [0.05, 0.1) is 6.10 Å². The second-order valence-corrected chi connectivity index (χ2v) is 9.06. The molecule has 8 nitrogen and oxygen atoms in total. The number of anilines is 1. The quantitative estimate of drug-likeness (QED) is 0.620. The third-order valence-corrected chi connectivity index (χ3v) is 6.87. The Morgan fingerprint density at radius 2 is 1.81 bits per heavy atom. The number of nitrogen functional groups attached to an aromatic ring is 1. The molecule has 0 amide bonds. The molecule has 0 radical (unpaired) electrons. The first-order chi connectivity index (χ1) is 15.0. The van der Waals surface area contributed by atoms with Gasteiger partial charge in [-0.15, -0.1) is 0 Å². The predicted octanol–water partition coefficient (Wildman–Crippen LogP) is 1.75. The van der Waals surface area contributed by atoms with Crippen molar-refractivity contribution in [1.82, 2.24) is 24.3 Å². The normalized spacial score (nSPS) is 23.5. The molecule has 3 heterocycles. The van der Waals surface area contributed by atoms with Crippen molar-refractivity contribution in [2.24, 2.45) is 0 Å². The zero-order chi connectivity index (χ0) is 21.5. The minimum Gasteiger partial charge on any atom is -0.393 e. The number of likely N-dealkylation sites (N-methyl/N-ethyl adjacent to an activating group) is 1. The van der Waals surface area contributed by atoms with Gasteiger partial charge in [0.2, 0.25) is 5.95 Å². The molecule has 3 N–H and O–H groups in total. The highest BCUT2D eigenvalue weighted by Gasteiger charge is 2.25. The summed E-state index contributed by atoms with van der Waals surface area (Å²) in [7, 11) is 2.15. The summed E-state index contributed by atoms with van der Waals surface area (Å²) in [5, 5.41) is 12.4. The van der Waals surface area contributed by atoms with Crippen molar-refractivity contribution in [3.8, 4) is 0 Å². The third-order valence-electron chi connectivity index (χ3n) is 6.87. The van der Waals surface area contributed by atoms with Gasteiger partial charge in [0, 0.05) is 55.7 Å². The summed E-state index contributed by atoms with van der Waals surface area (Å²) in [5.74, 6) is 0.169. The molecule has 1 aliphatic carbocycles. The van der Waals surface area contributed by atoms with E-state index in [9.17, 15) is 9.90 Å². The van der Waals surface area contributed by atoms with Crippen LogP contribution in [0.25, 0.3) is 21.8 Å². The molecule has 2 aliphatic rings. The van der Waals surface area contributed by atoms with E-state index < -0.39 is 0 Å². The molecule has 0 spiro atoms. The van der Waals surface area contributed by atoms with E-state index in [1.807, 2.05) is 12.1 Å². The van der Waals surface area contributed by atoms with Crippen LogP contribution in [-0.4, -0.2) is 68.8 Å². The Hall–Kier alpha value is -2.55. The molecule has 8 heteroatoms. The lowest BCUT2D eigenvalue weighted by Crippen LogP contribution is -2.43. The Morgan fingerprint density at radius 3 is 2.55 bits per heavy atom. The Bertz CT molecular complexity index is 1160. The first-order valence-corrected chi connectivity index (χ1v) is 11.2. The molecule has 3 aromatic rings. The lowest BCUT2D eigenvalue weighted by atomic mass is 9.92. The molecular formula is C23H30N6O2. The second-order valence-electron chi connectivity index (χ2n) is 9.06. The van der Waals surface area contributed by atoms with E-state index in [1.165, 1.54) is 0 Å². The lowest BCUT2D eigenvalue weighted by Gasteiger charge is -2.32. The number of piperazine rings is 1. The fourth-order valence-electron chi connectivity index (χ4n) is 5.01. The molecule has 1 saturated heterocycles. The van der Waals surface area contributed by atoms with Crippen LogP contribution in [-0.2, 0) is 6.54 Å². The smallest absolute Gasteiger partial charge is 0.260 e. The third kappa shape index (κ3) is 3.91. The van der Waals surface area contributed by atoms with E-state index in [2.05, 4.69) is 32.9 Å². The van der Waals surface area contributed by atoms with Gasteiger partial charge in [-0.25, -0.2) is 4.98 Å². The summed E-state index contributed by atoms with van der Waals surface area (Å²) < 4.78 is 1.81. The zero-order valence-corrected chi connectivity index (χ0v) is 18.0. The van der Waals surface area contributed by atoms with Crippen molar-refractivity contribution in [3.05, 3.63) is 40.3 Å². The van der Waals surface area contributed by atoms with Gasteiger partial charge in [0.25, 0.3) is 5.56 Å². The molecule has 31 heavy (non-hydrogen) atoms. The maximum atomic E-state index is 13.7. The van der Waals surface area contributed by atoms with Crippen molar-refractivity contribution in [1.29, 1.82) is 0 Å². The fraction of sp³-hybridized carbons (Fsp3) is 0.522. The van der Waals surface area contributed by atoms with E-state index >= 15 is 0 Å². The number of hydrogen-bond acceptors (Lipinski definition) is 7. The van der Waals surface area contributed by atoms with Crippen LogP contribution in [0, 0.1) is 0 Å². The van der Waals surface area contributed by atoms with E-state index in [0.717, 1.165) is 61.9 Å². The van der Waals surface area contributed by atoms with Gasteiger partial charge in [0.1, 0.15) is 5.65 Å². The van der Waals surface area contributed by atoms with Gasteiger partial charge in [-0.05, 0) is 49.7 Å². The highest BCUT2D eigenvalue weighted by Crippen LogP contribution is 2.32. The first kappa shape index (κ1) is 20.4. The fourth-order valence-corrected chi connectivity index (χ4v) is 5.01. The summed E-state index contributed by atoms with van der Waals surface area (Å²) in [6, 6.07) is 6.19. The van der Waals surface area contributed by atoms with Crippen molar-refractivity contribution < 1.29 is 5.11 Å². The van der Waals surface area contributed by atoms with Gasteiger partial charge in [-0.3, -0.25) is 14.3 Å². The van der Waals surface area contributed by atoms with Crippen LogP contribution < -0.4 is 11.3 Å². The number of nitrogens with two attached hydrogens (primary N) is 1. The Labute approximate surface area is 181 Å². The molecule has 0 atom stereocenters. The van der Waals surface area contributed by atoms with E-state index in [4.69, 9.17) is 5.73 Å². The molecule has 2 fully saturated rings. The average molecular weight is 423 g/mol. The van der Waals surface area contributed by atoms with Crippen LogP contribution in [0.4, 0.5) is 5.95 Å². The van der Waals surface area contributed by atoms with Crippen LogP contribution in [0.2, 0.25) is 0 Å². The number of nitrogens with zero attached hydrogens (tertiary/aromatic N) is 5. The van der Waals surface area contributed by atoms with Gasteiger partial charge >= 0.3 is 0 Å². The van der Waals surface area contributed by atoms with E-state index in [0.29, 0.717) is 23.9 Å². The van der Waals surface area contributed by atoms with Gasteiger partial charge in [-0.2, -0.15) is 4.98 Å². The number of aliphatic hydroxyl groups is 1. The molecular weight excluding hydrogens is 392 g/mol. The molecule has 2 aromatic heterocycles. The minimum absolute atomic E-state index is 0.0124. The highest BCUT2D eigenvalue weighted by molar-refractivity contribution is 6.04. The number of benzene rings is 1. The molecule has 1 saturated carbocycles. The largest absolute Gasteiger partial charge is 0.393 e. The number of fused-ring (bicyclic) bond motifs is 3. The predicted molar refractivity (Wildman–Crippen MR) is 122 cm³/mol.